The number of aliphatic hydroxyl groups excluding tert-OH is 1. The molecule has 6 nitrogen and oxygen atoms in total. The van der Waals surface area contributed by atoms with E-state index in [4.69, 9.17) is 5.73 Å². The molecular formula is C13H21N3O3. The first-order valence-electron chi connectivity index (χ1n) is 6.66. The van der Waals surface area contributed by atoms with Crippen LogP contribution in [0.3, 0.4) is 0 Å². The highest BCUT2D eigenvalue weighted by Gasteiger charge is 2.46. The molecule has 19 heavy (non-hydrogen) atoms. The van der Waals surface area contributed by atoms with Crippen LogP contribution >= 0.6 is 0 Å². The van der Waals surface area contributed by atoms with Gasteiger partial charge in [0, 0.05) is 6.54 Å². The SMILES string of the molecule is C[C@@H](O)C(C(N)=O)N1CC=CCC2(CCCN2)C1=O. The maximum Gasteiger partial charge on any atom is 0.244 e. The number of rotatable bonds is 3. The van der Waals surface area contributed by atoms with Crippen LogP contribution in [-0.4, -0.2) is 52.6 Å². The summed E-state index contributed by atoms with van der Waals surface area (Å²) in [5.41, 5.74) is 4.70. The molecule has 0 aromatic rings. The molecule has 2 unspecified atom stereocenters. The number of amides is 2. The maximum atomic E-state index is 12.7. The Hall–Kier alpha value is -1.40. The molecule has 1 spiro atoms. The van der Waals surface area contributed by atoms with Gasteiger partial charge >= 0.3 is 0 Å². The van der Waals surface area contributed by atoms with Crippen molar-refractivity contribution in [1.29, 1.82) is 0 Å². The molecule has 0 aliphatic carbocycles. The lowest BCUT2D eigenvalue weighted by molar-refractivity contribution is -0.147. The topological polar surface area (TPSA) is 95.7 Å². The molecule has 6 heteroatoms. The van der Waals surface area contributed by atoms with E-state index in [0.717, 1.165) is 19.4 Å². The zero-order valence-electron chi connectivity index (χ0n) is 11.1. The Labute approximate surface area is 112 Å². The summed E-state index contributed by atoms with van der Waals surface area (Å²) in [6.07, 6.45) is 5.13. The van der Waals surface area contributed by atoms with Crippen molar-refractivity contribution in [1.82, 2.24) is 10.2 Å². The highest BCUT2D eigenvalue weighted by molar-refractivity contribution is 5.92. The van der Waals surface area contributed by atoms with Gasteiger partial charge in [0.15, 0.2) is 0 Å². The van der Waals surface area contributed by atoms with Crippen LogP contribution < -0.4 is 11.1 Å². The Morgan fingerprint density at radius 2 is 2.32 bits per heavy atom. The molecule has 0 bridgehead atoms. The largest absolute Gasteiger partial charge is 0.391 e. The average Bonchev–Trinajstić information content (AvgIpc) is 2.74. The van der Waals surface area contributed by atoms with Crippen LogP contribution in [0.2, 0.25) is 0 Å². The summed E-state index contributed by atoms with van der Waals surface area (Å²) in [7, 11) is 0. The van der Waals surface area contributed by atoms with Crippen LogP contribution in [0.4, 0.5) is 0 Å². The summed E-state index contributed by atoms with van der Waals surface area (Å²) >= 11 is 0. The fraction of sp³-hybridized carbons (Fsp3) is 0.692. The minimum Gasteiger partial charge on any atom is -0.391 e. The van der Waals surface area contributed by atoms with E-state index in [1.54, 1.807) is 0 Å². The number of nitrogens with two attached hydrogens (primary N) is 1. The molecular weight excluding hydrogens is 246 g/mol. The zero-order valence-corrected chi connectivity index (χ0v) is 11.1. The molecule has 1 saturated heterocycles. The standard InChI is InChI=1S/C13H21N3O3/c1-9(17)10(11(14)18)16-8-3-2-5-13(12(16)19)6-4-7-15-13/h2-3,9-10,15,17H,4-8H2,1H3,(H2,14,18)/t9-,10?,13?/m1/s1. The molecule has 0 aromatic heterocycles. The Morgan fingerprint density at radius 1 is 1.58 bits per heavy atom. The van der Waals surface area contributed by atoms with Crippen molar-refractivity contribution >= 4 is 11.8 Å². The number of carbonyl (C=O) groups is 2. The third-order valence-electron chi connectivity index (χ3n) is 3.93. The summed E-state index contributed by atoms with van der Waals surface area (Å²) in [5.74, 6) is -0.813. The second-order valence-electron chi connectivity index (χ2n) is 5.33. The van der Waals surface area contributed by atoms with E-state index in [1.807, 2.05) is 12.2 Å². The van der Waals surface area contributed by atoms with Gasteiger partial charge in [0.2, 0.25) is 11.8 Å². The molecule has 0 saturated carbocycles. The minimum absolute atomic E-state index is 0.139. The summed E-state index contributed by atoms with van der Waals surface area (Å²) in [5, 5.41) is 13.0. The van der Waals surface area contributed by atoms with Crippen LogP contribution in [0.15, 0.2) is 12.2 Å². The van der Waals surface area contributed by atoms with Crippen molar-refractivity contribution in [2.45, 2.75) is 43.9 Å². The number of nitrogens with zero attached hydrogens (tertiary/aromatic N) is 1. The Bertz CT molecular complexity index is 400. The van der Waals surface area contributed by atoms with Gasteiger partial charge in [-0.3, -0.25) is 9.59 Å². The monoisotopic (exact) mass is 267 g/mol. The fourth-order valence-electron chi connectivity index (χ4n) is 2.97. The van der Waals surface area contributed by atoms with Crippen LogP contribution in [-0.2, 0) is 9.59 Å². The van der Waals surface area contributed by atoms with E-state index >= 15 is 0 Å². The first-order chi connectivity index (χ1) is 8.98. The molecule has 4 N–H and O–H groups in total. The van der Waals surface area contributed by atoms with Crippen molar-refractivity contribution in [2.24, 2.45) is 5.73 Å². The van der Waals surface area contributed by atoms with Crippen molar-refractivity contribution in [2.75, 3.05) is 13.1 Å². The molecule has 2 amide bonds. The molecule has 0 aromatic carbocycles. The summed E-state index contributed by atoms with van der Waals surface area (Å²) in [6, 6.07) is -0.977. The van der Waals surface area contributed by atoms with Crippen molar-refractivity contribution in [3.63, 3.8) is 0 Å². The number of hydrogen-bond acceptors (Lipinski definition) is 4. The predicted molar refractivity (Wildman–Crippen MR) is 70.1 cm³/mol. The van der Waals surface area contributed by atoms with Crippen molar-refractivity contribution in [3.05, 3.63) is 12.2 Å². The van der Waals surface area contributed by atoms with E-state index in [-0.39, 0.29) is 5.91 Å². The van der Waals surface area contributed by atoms with Crippen molar-refractivity contribution in [3.8, 4) is 0 Å². The van der Waals surface area contributed by atoms with Gasteiger partial charge in [-0.25, -0.2) is 0 Å². The zero-order chi connectivity index (χ0) is 14.0. The average molecular weight is 267 g/mol. The highest BCUT2D eigenvalue weighted by atomic mass is 16.3. The van der Waals surface area contributed by atoms with Gasteiger partial charge in [-0.1, -0.05) is 12.2 Å². The first-order valence-corrected chi connectivity index (χ1v) is 6.66. The third kappa shape index (κ3) is 2.50. The van der Waals surface area contributed by atoms with Crippen molar-refractivity contribution < 1.29 is 14.7 Å². The minimum atomic E-state index is -0.980. The van der Waals surface area contributed by atoms with E-state index in [0.29, 0.717) is 13.0 Å². The van der Waals surface area contributed by atoms with Gasteiger partial charge < -0.3 is 21.1 Å². The number of carbonyl (C=O) groups excluding carboxylic acids is 2. The number of hydrogen-bond donors (Lipinski definition) is 3. The third-order valence-corrected chi connectivity index (χ3v) is 3.93. The van der Waals surface area contributed by atoms with Gasteiger partial charge in [0.05, 0.1) is 6.10 Å². The second kappa shape index (κ2) is 5.30. The molecule has 2 rings (SSSR count). The van der Waals surface area contributed by atoms with E-state index in [2.05, 4.69) is 5.32 Å². The van der Waals surface area contributed by atoms with Crippen LogP contribution in [0, 0.1) is 0 Å². The first kappa shape index (κ1) is 14.0. The number of primary amides is 1. The normalized spacial score (nSPS) is 30.4. The molecule has 3 atom stereocenters. The molecule has 1 fully saturated rings. The Balaban J connectivity index is 2.30. The number of aliphatic hydroxyl groups is 1. The fourth-order valence-corrected chi connectivity index (χ4v) is 2.97. The molecule has 2 aliphatic heterocycles. The molecule has 2 heterocycles. The van der Waals surface area contributed by atoms with Crippen LogP contribution in [0.25, 0.3) is 0 Å². The van der Waals surface area contributed by atoms with E-state index < -0.39 is 23.6 Å². The summed E-state index contributed by atoms with van der Waals surface area (Å²) < 4.78 is 0. The van der Waals surface area contributed by atoms with Crippen LogP contribution in [0.1, 0.15) is 26.2 Å². The smallest absolute Gasteiger partial charge is 0.244 e. The van der Waals surface area contributed by atoms with Gasteiger partial charge in [-0.15, -0.1) is 0 Å². The lowest BCUT2D eigenvalue weighted by Gasteiger charge is -2.36. The van der Waals surface area contributed by atoms with E-state index in [9.17, 15) is 14.7 Å². The summed E-state index contributed by atoms with van der Waals surface area (Å²) in [4.78, 5) is 25.6. The van der Waals surface area contributed by atoms with Crippen LogP contribution in [0.5, 0.6) is 0 Å². The lowest BCUT2D eigenvalue weighted by Crippen LogP contribution is -2.61. The second-order valence-corrected chi connectivity index (χ2v) is 5.33. The van der Waals surface area contributed by atoms with Gasteiger partial charge in [0.25, 0.3) is 0 Å². The van der Waals surface area contributed by atoms with Gasteiger partial charge in [-0.05, 0) is 32.7 Å². The van der Waals surface area contributed by atoms with E-state index in [1.165, 1.54) is 11.8 Å². The number of nitrogens with one attached hydrogen (secondary N) is 1. The Kier molecular flexibility index (Phi) is 3.91. The quantitative estimate of drug-likeness (QED) is 0.579. The lowest BCUT2D eigenvalue weighted by atomic mass is 9.91. The molecule has 106 valence electrons. The molecule has 2 aliphatic rings. The highest BCUT2D eigenvalue weighted by Crippen LogP contribution is 2.29. The maximum absolute atomic E-state index is 12.7. The Morgan fingerprint density at radius 3 is 2.84 bits per heavy atom. The molecule has 0 radical (unpaired) electrons. The van der Waals surface area contributed by atoms with Gasteiger partial charge in [0.1, 0.15) is 11.6 Å². The van der Waals surface area contributed by atoms with Gasteiger partial charge in [-0.2, -0.15) is 0 Å². The predicted octanol–water partition coefficient (Wildman–Crippen LogP) is -0.868. The summed E-state index contributed by atoms with van der Waals surface area (Å²) in [6.45, 7) is 2.58.